The van der Waals surface area contributed by atoms with E-state index in [1.54, 1.807) is 7.11 Å². The third kappa shape index (κ3) is 4.16. The number of carbonyl (C=O) groups excluding carboxylic acids is 1. The van der Waals surface area contributed by atoms with Crippen molar-refractivity contribution in [1.29, 1.82) is 0 Å². The van der Waals surface area contributed by atoms with Crippen LogP contribution in [0, 0.1) is 0 Å². The second-order valence-corrected chi connectivity index (χ2v) is 6.48. The first-order valence-corrected chi connectivity index (χ1v) is 8.66. The van der Waals surface area contributed by atoms with Crippen molar-refractivity contribution < 1.29 is 9.53 Å². The molecule has 0 atom stereocenters. The van der Waals surface area contributed by atoms with E-state index in [0.29, 0.717) is 18.5 Å². The van der Waals surface area contributed by atoms with Gasteiger partial charge in [0, 0.05) is 32.2 Å². The number of carbonyl (C=O) groups is 1. The molecule has 2 aliphatic rings. The molecule has 0 aromatic heterocycles. The van der Waals surface area contributed by atoms with Crippen LogP contribution in [-0.4, -0.2) is 61.6 Å². The van der Waals surface area contributed by atoms with Crippen molar-refractivity contribution in [3.63, 3.8) is 0 Å². The summed E-state index contributed by atoms with van der Waals surface area (Å²) in [5.74, 6) is 1.19. The number of hydrogen-bond acceptors (Lipinski definition) is 4. The number of ether oxygens (including phenoxy) is 1. The van der Waals surface area contributed by atoms with Crippen LogP contribution < -0.4 is 10.1 Å². The van der Waals surface area contributed by atoms with Crippen molar-refractivity contribution in [1.82, 2.24) is 9.80 Å². The summed E-state index contributed by atoms with van der Waals surface area (Å²) < 4.78 is 5.39. The van der Waals surface area contributed by atoms with Gasteiger partial charge < -0.3 is 15.0 Å². The Morgan fingerprint density at radius 1 is 1.17 bits per heavy atom. The van der Waals surface area contributed by atoms with Crippen molar-refractivity contribution in [2.75, 3.05) is 45.2 Å². The Balaban J connectivity index is 1.45. The Bertz CT molecular complexity index is 521. The van der Waals surface area contributed by atoms with Gasteiger partial charge in [0.15, 0.2) is 0 Å². The van der Waals surface area contributed by atoms with Crippen molar-refractivity contribution in [3.05, 3.63) is 24.3 Å². The largest absolute Gasteiger partial charge is 0.495 e. The lowest BCUT2D eigenvalue weighted by Gasteiger charge is -2.33. The SMILES string of the molecule is COc1ccccc1NC1CCN(CC(=O)N2CCCC2)CC1. The first kappa shape index (κ1) is 16.1. The maximum Gasteiger partial charge on any atom is 0.236 e. The molecule has 1 aromatic rings. The Labute approximate surface area is 138 Å². The number of likely N-dealkylation sites (tertiary alicyclic amines) is 2. The van der Waals surface area contributed by atoms with Crippen LogP contribution in [0.4, 0.5) is 5.69 Å². The number of nitrogens with one attached hydrogen (secondary N) is 1. The van der Waals surface area contributed by atoms with Gasteiger partial charge in [-0.05, 0) is 37.8 Å². The highest BCUT2D eigenvalue weighted by atomic mass is 16.5. The molecule has 0 saturated carbocycles. The zero-order chi connectivity index (χ0) is 16.1. The number of para-hydroxylation sites is 2. The van der Waals surface area contributed by atoms with Crippen LogP contribution in [0.5, 0.6) is 5.75 Å². The molecule has 2 saturated heterocycles. The summed E-state index contributed by atoms with van der Waals surface area (Å²) in [6.07, 6.45) is 4.45. The van der Waals surface area contributed by atoms with Crippen molar-refractivity contribution in [2.24, 2.45) is 0 Å². The van der Waals surface area contributed by atoms with Gasteiger partial charge in [-0.2, -0.15) is 0 Å². The van der Waals surface area contributed by atoms with Crippen molar-refractivity contribution >= 4 is 11.6 Å². The summed E-state index contributed by atoms with van der Waals surface area (Å²) in [4.78, 5) is 16.5. The molecule has 0 radical (unpaired) electrons. The van der Waals surface area contributed by atoms with E-state index in [4.69, 9.17) is 4.74 Å². The molecule has 5 nitrogen and oxygen atoms in total. The van der Waals surface area contributed by atoms with Gasteiger partial charge in [0.2, 0.25) is 5.91 Å². The quantitative estimate of drug-likeness (QED) is 0.904. The van der Waals surface area contributed by atoms with E-state index in [1.807, 2.05) is 23.1 Å². The Morgan fingerprint density at radius 3 is 2.57 bits per heavy atom. The minimum atomic E-state index is 0.304. The van der Waals surface area contributed by atoms with Gasteiger partial charge >= 0.3 is 0 Å². The summed E-state index contributed by atoms with van der Waals surface area (Å²) in [5.41, 5.74) is 1.06. The highest BCUT2D eigenvalue weighted by Crippen LogP contribution is 2.26. The molecule has 0 bridgehead atoms. The molecule has 1 aromatic carbocycles. The summed E-state index contributed by atoms with van der Waals surface area (Å²) in [7, 11) is 1.70. The fraction of sp³-hybridized carbons (Fsp3) is 0.611. The fourth-order valence-corrected chi connectivity index (χ4v) is 3.48. The third-order valence-corrected chi connectivity index (χ3v) is 4.87. The van der Waals surface area contributed by atoms with E-state index in [2.05, 4.69) is 16.3 Å². The molecule has 0 spiro atoms. The number of methoxy groups -OCH3 is 1. The molecule has 126 valence electrons. The predicted octanol–water partition coefficient (Wildman–Crippen LogP) is 2.19. The maximum atomic E-state index is 12.2. The Hall–Kier alpha value is -1.75. The van der Waals surface area contributed by atoms with Crippen LogP contribution in [0.25, 0.3) is 0 Å². The van der Waals surface area contributed by atoms with E-state index in [9.17, 15) is 4.79 Å². The zero-order valence-corrected chi connectivity index (χ0v) is 14.0. The monoisotopic (exact) mass is 317 g/mol. The number of nitrogens with zero attached hydrogens (tertiary/aromatic N) is 2. The minimum Gasteiger partial charge on any atom is -0.495 e. The van der Waals surface area contributed by atoms with Crippen LogP contribution in [-0.2, 0) is 4.79 Å². The van der Waals surface area contributed by atoms with Crippen LogP contribution in [0.2, 0.25) is 0 Å². The van der Waals surface area contributed by atoms with Gasteiger partial charge in [0.1, 0.15) is 5.75 Å². The lowest BCUT2D eigenvalue weighted by Crippen LogP contribution is -2.44. The van der Waals surface area contributed by atoms with Crippen molar-refractivity contribution in [3.8, 4) is 5.75 Å². The summed E-state index contributed by atoms with van der Waals surface area (Å²) in [5, 5.41) is 3.58. The second-order valence-electron chi connectivity index (χ2n) is 6.48. The molecule has 2 heterocycles. The highest BCUT2D eigenvalue weighted by molar-refractivity contribution is 5.78. The van der Waals surface area contributed by atoms with Crippen molar-refractivity contribution in [2.45, 2.75) is 31.7 Å². The van der Waals surface area contributed by atoms with Gasteiger partial charge in [-0.1, -0.05) is 12.1 Å². The molecule has 0 aliphatic carbocycles. The van der Waals surface area contributed by atoms with E-state index in [0.717, 1.165) is 63.3 Å². The molecular formula is C18H27N3O2. The number of hydrogen-bond donors (Lipinski definition) is 1. The first-order valence-electron chi connectivity index (χ1n) is 8.66. The zero-order valence-electron chi connectivity index (χ0n) is 14.0. The van der Waals surface area contributed by atoms with Gasteiger partial charge in [0.25, 0.3) is 0 Å². The minimum absolute atomic E-state index is 0.304. The molecule has 1 amide bonds. The molecule has 2 aliphatic heterocycles. The molecule has 0 unspecified atom stereocenters. The topological polar surface area (TPSA) is 44.8 Å². The highest BCUT2D eigenvalue weighted by Gasteiger charge is 2.24. The van der Waals surface area contributed by atoms with Gasteiger partial charge in [0.05, 0.1) is 19.3 Å². The average molecular weight is 317 g/mol. The van der Waals surface area contributed by atoms with Gasteiger partial charge in [-0.3, -0.25) is 9.69 Å². The van der Waals surface area contributed by atoms with Gasteiger partial charge in [-0.25, -0.2) is 0 Å². The summed E-state index contributed by atoms with van der Waals surface area (Å²) in [6, 6.07) is 8.49. The average Bonchev–Trinajstić information content (AvgIpc) is 3.12. The maximum absolute atomic E-state index is 12.2. The van der Waals surface area contributed by atoms with E-state index >= 15 is 0 Å². The van der Waals surface area contributed by atoms with E-state index in [1.165, 1.54) is 0 Å². The lowest BCUT2D eigenvalue weighted by atomic mass is 10.0. The Kier molecular flexibility index (Phi) is 5.39. The number of piperidine rings is 1. The lowest BCUT2D eigenvalue weighted by molar-refractivity contribution is -0.131. The normalized spacial score (nSPS) is 19.8. The number of anilines is 1. The summed E-state index contributed by atoms with van der Waals surface area (Å²) >= 11 is 0. The van der Waals surface area contributed by atoms with E-state index in [-0.39, 0.29) is 0 Å². The molecular weight excluding hydrogens is 290 g/mol. The van der Waals surface area contributed by atoms with Crippen LogP contribution in [0.1, 0.15) is 25.7 Å². The fourth-order valence-electron chi connectivity index (χ4n) is 3.48. The number of rotatable bonds is 5. The smallest absolute Gasteiger partial charge is 0.236 e. The third-order valence-electron chi connectivity index (χ3n) is 4.87. The van der Waals surface area contributed by atoms with Crippen LogP contribution >= 0.6 is 0 Å². The standard InChI is InChI=1S/C18H27N3O2/c1-23-17-7-3-2-6-16(17)19-15-8-12-20(13-9-15)14-18(22)21-10-4-5-11-21/h2-3,6-7,15,19H,4-5,8-14H2,1H3. The van der Waals surface area contributed by atoms with E-state index < -0.39 is 0 Å². The first-order chi connectivity index (χ1) is 11.3. The molecule has 5 heteroatoms. The van der Waals surface area contributed by atoms with Gasteiger partial charge in [-0.15, -0.1) is 0 Å². The molecule has 2 fully saturated rings. The second kappa shape index (κ2) is 7.68. The predicted molar refractivity (Wildman–Crippen MR) is 91.9 cm³/mol. The number of amides is 1. The van der Waals surface area contributed by atoms with Crippen LogP contribution in [0.15, 0.2) is 24.3 Å². The summed E-state index contributed by atoms with van der Waals surface area (Å²) in [6.45, 7) is 4.44. The number of benzene rings is 1. The van der Waals surface area contributed by atoms with Crippen LogP contribution in [0.3, 0.4) is 0 Å². The molecule has 23 heavy (non-hydrogen) atoms. The molecule has 1 N–H and O–H groups in total. The molecule has 3 rings (SSSR count). The Morgan fingerprint density at radius 2 is 1.87 bits per heavy atom.